The standard InChI is InChI=1S/C19H26N4O4/c1-12-16(13(2)27-20-12)10-23-15-6-5-14(19(23)26)8-22(9-15)18(25)11-21-7-3-4-17(21)24/h14-15H,3-11H2,1-2H3/t14-,15+/m1/s1. The lowest BCUT2D eigenvalue weighted by molar-refractivity contribution is -0.140. The minimum atomic E-state index is -0.164. The Balaban J connectivity index is 1.48. The molecule has 4 aliphatic rings. The van der Waals surface area contributed by atoms with Crippen LogP contribution in [0.1, 0.15) is 42.7 Å². The number of carbonyl (C=O) groups is 3. The summed E-state index contributed by atoms with van der Waals surface area (Å²) in [5.74, 6) is 0.688. The fourth-order valence-corrected chi connectivity index (χ4v) is 4.48. The third-order valence-corrected chi connectivity index (χ3v) is 6.15. The summed E-state index contributed by atoms with van der Waals surface area (Å²) in [6.45, 7) is 6.00. The SMILES string of the molecule is Cc1noc(C)c1CN1C(=O)[C@@H]2CC[C@H]1CN(C(=O)CN1CCCC1=O)C2. The van der Waals surface area contributed by atoms with Gasteiger partial charge in [-0.15, -0.1) is 0 Å². The van der Waals surface area contributed by atoms with Gasteiger partial charge in [-0.1, -0.05) is 5.16 Å². The van der Waals surface area contributed by atoms with Crippen molar-refractivity contribution in [1.29, 1.82) is 0 Å². The summed E-state index contributed by atoms with van der Waals surface area (Å²) in [6, 6.07) is 0.00294. The van der Waals surface area contributed by atoms with Gasteiger partial charge >= 0.3 is 0 Å². The molecule has 0 aromatic carbocycles. The molecule has 0 N–H and O–H groups in total. The number of nitrogens with zero attached hydrogens (tertiary/aromatic N) is 4. The monoisotopic (exact) mass is 374 g/mol. The number of likely N-dealkylation sites (tertiary alicyclic amines) is 1. The molecule has 5 rings (SSSR count). The van der Waals surface area contributed by atoms with Gasteiger partial charge < -0.3 is 19.2 Å². The average Bonchev–Trinajstić information content (AvgIpc) is 3.04. The average molecular weight is 374 g/mol. The first-order chi connectivity index (χ1) is 12.9. The van der Waals surface area contributed by atoms with Crippen molar-refractivity contribution in [2.24, 2.45) is 5.92 Å². The van der Waals surface area contributed by atoms with E-state index < -0.39 is 0 Å². The molecular formula is C19H26N4O4. The number of hydrogen-bond acceptors (Lipinski definition) is 5. The molecule has 5 heterocycles. The van der Waals surface area contributed by atoms with Crippen LogP contribution < -0.4 is 0 Å². The summed E-state index contributed by atoms with van der Waals surface area (Å²) in [6.07, 6.45) is 3.06. The molecule has 4 fully saturated rings. The van der Waals surface area contributed by atoms with E-state index in [9.17, 15) is 14.4 Å². The molecular weight excluding hydrogens is 348 g/mol. The number of amides is 3. The fraction of sp³-hybridized carbons (Fsp3) is 0.684. The zero-order valence-corrected chi connectivity index (χ0v) is 15.9. The third kappa shape index (κ3) is 3.33. The predicted molar refractivity (Wildman–Crippen MR) is 95.4 cm³/mol. The van der Waals surface area contributed by atoms with Gasteiger partial charge in [-0.25, -0.2) is 0 Å². The van der Waals surface area contributed by atoms with E-state index >= 15 is 0 Å². The number of piperidine rings is 1. The first kappa shape index (κ1) is 18.0. The van der Waals surface area contributed by atoms with Crippen LogP contribution in [0.2, 0.25) is 0 Å². The Morgan fingerprint density at radius 1 is 1.22 bits per heavy atom. The number of carbonyl (C=O) groups excluding carboxylic acids is 3. The Hall–Kier alpha value is -2.38. The maximum absolute atomic E-state index is 13.0. The van der Waals surface area contributed by atoms with Gasteiger partial charge in [0, 0.05) is 37.7 Å². The van der Waals surface area contributed by atoms with Gasteiger partial charge in [0.15, 0.2) is 0 Å². The zero-order chi connectivity index (χ0) is 19.1. The van der Waals surface area contributed by atoms with Crippen molar-refractivity contribution in [3.05, 3.63) is 17.0 Å². The molecule has 0 radical (unpaired) electrons. The minimum Gasteiger partial charge on any atom is -0.361 e. The highest BCUT2D eigenvalue weighted by molar-refractivity contribution is 5.87. The molecule has 0 unspecified atom stereocenters. The molecule has 2 bridgehead atoms. The van der Waals surface area contributed by atoms with Crippen LogP contribution in [0.25, 0.3) is 0 Å². The van der Waals surface area contributed by atoms with Gasteiger partial charge in [0.2, 0.25) is 17.7 Å². The first-order valence-corrected chi connectivity index (χ1v) is 9.72. The van der Waals surface area contributed by atoms with Crippen LogP contribution >= 0.6 is 0 Å². The molecule has 0 saturated carbocycles. The van der Waals surface area contributed by atoms with Crippen molar-refractivity contribution in [1.82, 2.24) is 19.9 Å². The van der Waals surface area contributed by atoms with Gasteiger partial charge in [-0.2, -0.15) is 0 Å². The number of aryl methyl sites for hydroxylation is 2. The van der Waals surface area contributed by atoms with Crippen LogP contribution in [0.4, 0.5) is 0 Å². The maximum Gasteiger partial charge on any atom is 0.242 e. The highest BCUT2D eigenvalue weighted by Crippen LogP contribution is 2.31. The van der Waals surface area contributed by atoms with Gasteiger partial charge in [0.1, 0.15) is 5.76 Å². The van der Waals surface area contributed by atoms with Crippen molar-refractivity contribution in [3.63, 3.8) is 0 Å². The van der Waals surface area contributed by atoms with Crippen LogP contribution in [0, 0.1) is 19.8 Å². The van der Waals surface area contributed by atoms with Crippen LogP contribution in [0.3, 0.4) is 0 Å². The lowest BCUT2D eigenvalue weighted by Crippen LogP contribution is -2.48. The zero-order valence-electron chi connectivity index (χ0n) is 15.9. The number of rotatable bonds is 4. The molecule has 2 atom stereocenters. The molecule has 27 heavy (non-hydrogen) atoms. The van der Waals surface area contributed by atoms with E-state index in [1.54, 1.807) is 9.80 Å². The summed E-state index contributed by atoms with van der Waals surface area (Å²) in [4.78, 5) is 42.9. The maximum atomic E-state index is 13.0. The van der Waals surface area contributed by atoms with Crippen molar-refractivity contribution in [2.75, 3.05) is 26.2 Å². The highest BCUT2D eigenvalue weighted by Gasteiger charge is 2.42. The second-order valence-corrected chi connectivity index (χ2v) is 7.91. The summed E-state index contributed by atoms with van der Waals surface area (Å²) in [5.41, 5.74) is 1.76. The quantitative estimate of drug-likeness (QED) is 0.780. The van der Waals surface area contributed by atoms with E-state index in [-0.39, 0.29) is 36.2 Å². The Morgan fingerprint density at radius 3 is 2.70 bits per heavy atom. The van der Waals surface area contributed by atoms with Crippen LogP contribution in [-0.4, -0.2) is 69.8 Å². The molecule has 1 aromatic heterocycles. The van der Waals surface area contributed by atoms with E-state index in [1.807, 2.05) is 18.7 Å². The van der Waals surface area contributed by atoms with Gasteiger partial charge in [0.25, 0.3) is 0 Å². The van der Waals surface area contributed by atoms with Crippen LogP contribution in [0.15, 0.2) is 4.52 Å². The van der Waals surface area contributed by atoms with Crippen LogP contribution in [-0.2, 0) is 20.9 Å². The van der Waals surface area contributed by atoms with E-state index in [4.69, 9.17) is 4.52 Å². The van der Waals surface area contributed by atoms with Crippen molar-refractivity contribution in [2.45, 2.75) is 52.1 Å². The third-order valence-electron chi connectivity index (χ3n) is 6.15. The minimum absolute atomic E-state index is 0.00294. The predicted octanol–water partition coefficient (Wildman–Crippen LogP) is 0.863. The summed E-state index contributed by atoms with van der Waals surface area (Å²) < 4.78 is 5.24. The molecule has 146 valence electrons. The molecule has 8 nitrogen and oxygen atoms in total. The second kappa shape index (κ2) is 6.98. The van der Waals surface area contributed by atoms with Gasteiger partial charge in [-0.05, 0) is 33.1 Å². The summed E-state index contributed by atoms with van der Waals surface area (Å²) in [5, 5.41) is 3.98. The molecule has 4 saturated heterocycles. The fourth-order valence-electron chi connectivity index (χ4n) is 4.48. The largest absolute Gasteiger partial charge is 0.361 e. The Bertz CT molecular complexity index is 754. The van der Waals surface area contributed by atoms with E-state index in [2.05, 4.69) is 5.16 Å². The molecule has 0 spiro atoms. The summed E-state index contributed by atoms with van der Waals surface area (Å²) >= 11 is 0. The molecule has 4 aliphatic heterocycles. The number of aromatic nitrogens is 1. The van der Waals surface area contributed by atoms with Crippen LogP contribution in [0.5, 0.6) is 0 Å². The van der Waals surface area contributed by atoms with Gasteiger partial charge in [-0.3, -0.25) is 14.4 Å². The Labute approximate surface area is 158 Å². The highest BCUT2D eigenvalue weighted by atomic mass is 16.5. The summed E-state index contributed by atoms with van der Waals surface area (Å²) in [7, 11) is 0. The normalized spacial score (nSPS) is 25.5. The topological polar surface area (TPSA) is 87.0 Å². The molecule has 3 amide bonds. The van der Waals surface area contributed by atoms with Gasteiger partial charge in [0.05, 0.1) is 24.7 Å². The van der Waals surface area contributed by atoms with E-state index in [0.29, 0.717) is 32.6 Å². The second-order valence-electron chi connectivity index (χ2n) is 7.91. The Morgan fingerprint density at radius 2 is 2.04 bits per heavy atom. The first-order valence-electron chi connectivity index (χ1n) is 9.72. The van der Waals surface area contributed by atoms with Crippen molar-refractivity contribution < 1.29 is 18.9 Å². The lowest BCUT2D eigenvalue weighted by atomic mass is 9.93. The van der Waals surface area contributed by atoms with Crippen molar-refractivity contribution in [3.8, 4) is 0 Å². The van der Waals surface area contributed by atoms with E-state index in [1.165, 1.54) is 0 Å². The molecule has 1 aromatic rings. The van der Waals surface area contributed by atoms with Crippen molar-refractivity contribution >= 4 is 17.7 Å². The van der Waals surface area contributed by atoms with E-state index in [0.717, 1.165) is 36.3 Å². The molecule has 8 heteroatoms. The smallest absolute Gasteiger partial charge is 0.242 e. The Kier molecular flexibility index (Phi) is 4.65. The lowest BCUT2D eigenvalue weighted by Gasteiger charge is -2.35. The molecule has 0 aliphatic carbocycles. The number of fused-ring (bicyclic) bond motifs is 4. The number of hydrogen-bond donors (Lipinski definition) is 0.